The summed E-state index contributed by atoms with van der Waals surface area (Å²) in [5, 5.41) is 10.3. The van der Waals surface area contributed by atoms with E-state index >= 15 is 0 Å². The van der Waals surface area contributed by atoms with Crippen LogP contribution in [-0.2, 0) is 6.42 Å². The van der Waals surface area contributed by atoms with Crippen molar-refractivity contribution in [2.75, 3.05) is 4.90 Å². The van der Waals surface area contributed by atoms with Gasteiger partial charge in [0.1, 0.15) is 0 Å². The van der Waals surface area contributed by atoms with Crippen LogP contribution in [0, 0.1) is 0 Å². The Morgan fingerprint density at radius 1 is 0.278 bits per heavy atom. The molecular weight excluding hydrogens is 1310 g/mol. The second-order valence-electron chi connectivity index (χ2n) is 29.7. The lowest BCUT2D eigenvalue weighted by Crippen LogP contribution is -2.30. The molecule has 4 aliphatic rings. The molecule has 108 heavy (non-hydrogen) atoms. The van der Waals surface area contributed by atoms with Crippen molar-refractivity contribution >= 4 is 116 Å². The van der Waals surface area contributed by atoms with Gasteiger partial charge in [-0.05, 0) is 239 Å². The zero-order chi connectivity index (χ0) is 70.7. The normalized spacial score (nSPS) is 15.2. The number of hydrogen-bond donors (Lipinski definition) is 0. The van der Waals surface area contributed by atoms with E-state index in [4.69, 9.17) is 0 Å². The molecule has 3 aliphatic carbocycles. The summed E-state index contributed by atoms with van der Waals surface area (Å²) in [4.78, 5) is 2.56. The van der Waals surface area contributed by atoms with Crippen LogP contribution in [0.5, 0.6) is 0 Å². The van der Waals surface area contributed by atoms with Gasteiger partial charge >= 0.3 is 0 Å². The molecule has 2 atom stereocenters. The highest BCUT2D eigenvalue weighted by atomic mass is 15.2. The molecule has 23 rings (SSSR count). The van der Waals surface area contributed by atoms with Gasteiger partial charge in [0.05, 0.1) is 55.9 Å². The quantitative estimate of drug-likeness (QED) is 0.134. The summed E-state index contributed by atoms with van der Waals surface area (Å²) in [6, 6.07) is 121. The van der Waals surface area contributed by atoms with Gasteiger partial charge in [-0.1, -0.05) is 212 Å². The van der Waals surface area contributed by atoms with Crippen molar-refractivity contribution in [3.63, 3.8) is 0 Å². The minimum Gasteiger partial charge on any atom is -0.333 e. The molecule has 5 aromatic heterocycles. The van der Waals surface area contributed by atoms with E-state index < -0.39 is 0 Å². The van der Waals surface area contributed by atoms with Crippen LogP contribution in [0.15, 0.2) is 352 Å². The predicted octanol–water partition coefficient (Wildman–Crippen LogP) is 26.4. The van der Waals surface area contributed by atoms with E-state index in [0.29, 0.717) is 0 Å². The first kappa shape index (κ1) is 60.7. The third-order valence-electron chi connectivity index (χ3n) is 23.9. The molecule has 6 nitrogen and oxygen atoms in total. The number of fused-ring (bicyclic) bond motifs is 20. The Morgan fingerprint density at radius 3 is 1.43 bits per heavy atom. The molecule has 0 N–H and O–H groups in total. The molecular formula is C102H70N6. The zero-order valence-electron chi connectivity index (χ0n) is 59.3. The molecule has 0 spiro atoms. The number of anilines is 2. The van der Waals surface area contributed by atoms with E-state index in [1.807, 2.05) is 0 Å². The van der Waals surface area contributed by atoms with Gasteiger partial charge in [0.2, 0.25) is 0 Å². The van der Waals surface area contributed by atoms with Gasteiger partial charge in [-0.2, -0.15) is 0 Å². The van der Waals surface area contributed by atoms with E-state index in [-0.39, 0.29) is 12.0 Å². The highest BCUT2D eigenvalue weighted by Gasteiger charge is 2.43. The van der Waals surface area contributed by atoms with E-state index in [1.165, 1.54) is 132 Å². The van der Waals surface area contributed by atoms with E-state index in [0.717, 1.165) is 92.9 Å². The van der Waals surface area contributed by atoms with Crippen LogP contribution in [0.2, 0.25) is 0 Å². The number of rotatable bonds is 10. The maximum Gasteiger partial charge on any atom is 0.0637 e. The Kier molecular flexibility index (Phi) is 13.4. The molecule has 0 saturated heterocycles. The topological polar surface area (TPSA) is 27.9 Å². The number of aryl methyl sites for hydroxylation is 1. The first-order valence-electron chi connectivity index (χ1n) is 38.1. The first-order valence-corrected chi connectivity index (χ1v) is 38.1. The van der Waals surface area contributed by atoms with Crippen molar-refractivity contribution in [1.82, 2.24) is 22.8 Å². The molecule has 508 valence electrons. The fourth-order valence-electron chi connectivity index (χ4n) is 19.3. The number of para-hydroxylation sites is 7. The summed E-state index contributed by atoms with van der Waals surface area (Å²) in [5.41, 5.74) is 33.9. The lowest BCUT2D eigenvalue weighted by Gasteiger charge is -2.31. The summed E-state index contributed by atoms with van der Waals surface area (Å²) in [6.45, 7) is 0. The monoisotopic (exact) mass is 1380 g/mol. The summed E-state index contributed by atoms with van der Waals surface area (Å²) < 4.78 is 12.5. The molecule has 14 aromatic carbocycles. The van der Waals surface area contributed by atoms with Gasteiger partial charge in [-0.15, -0.1) is 0 Å². The second kappa shape index (κ2) is 23.9. The van der Waals surface area contributed by atoms with Crippen LogP contribution in [0.25, 0.3) is 172 Å². The molecule has 0 radical (unpaired) electrons. The minimum atomic E-state index is 0.101. The number of benzene rings is 14. The average Bonchev–Trinajstić information content (AvgIpc) is 1.55. The van der Waals surface area contributed by atoms with Crippen LogP contribution in [0.1, 0.15) is 53.3 Å². The third kappa shape index (κ3) is 9.13. The van der Waals surface area contributed by atoms with Gasteiger partial charge in [-0.3, -0.25) is 0 Å². The van der Waals surface area contributed by atoms with Crippen molar-refractivity contribution in [1.29, 1.82) is 0 Å². The molecule has 2 unspecified atom stereocenters. The Hall–Kier alpha value is -13.7. The maximum absolute atomic E-state index is 2.56. The number of allylic oxidation sites excluding steroid dienone is 5. The molecule has 0 fully saturated rings. The van der Waals surface area contributed by atoms with Crippen LogP contribution >= 0.6 is 0 Å². The maximum atomic E-state index is 2.56. The fourth-order valence-corrected chi connectivity index (χ4v) is 19.3. The predicted molar refractivity (Wildman–Crippen MR) is 453 cm³/mol. The van der Waals surface area contributed by atoms with Gasteiger partial charge in [0, 0.05) is 94.5 Å². The molecule has 6 heteroatoms. The molecule has 0 amide bonds. The molecule has 0 saturated carbocycles. The second-order valence-corrected chi connectivity index (χ2v) is 29.7. The minimum absolute atomic E-state index is 0.101. The smallest absolute Gasteiger partial charge is 0.0637 e. The average molecular weight is 1380 g/mol. The van der Waals surface area contributed by atoms with Crippen LogP contribution in [0.4, 0.5) is 11.4 Å². The number of nitrogens with zero attached hydrogens (tertiary/aromatic N) is 6. The highest BCUT2D eigenvalue weighted by molar-refractivity contribution is 6.29. The van der Waals surface area contributed by atoms with Crippen LogP contribution in [-0.4, -0.2) is 28.9 Å². The molecule has 19 aromatic rings. The largest absolute Gasteiger partial charge is 0.333 e. The Morgan fingerprint density at radius 2 is 0.759 bits per heavy atom. The van der Waals surface area contributed by atoms with E-state index in [1.54, 1.807) is 0 Å². The Labute approximate surface area is 625 Å². The third-order valence-corrected chi connectivity index (χ3v) is 23.9. The SMILES string of the molecule is C1=CCCC(n2c3ccccc3c3c4c5ccccc5n(-c5cccc(-c6cccc(-c7cc(-c8cccc(-c9cccc(-n%10c%11c(c%12cc%13c%14ccccc%14n(-c%14ccccc%14)c%13cc%12%10)CCC=C%11)c9)c8)cc(-n8c9c(c%10ccccc%108)C8c%10ccccc%10N(c%10ccccc%10)C8C=C9)c7)c6)c5)c4ccc32)=C1. The van der Waals surface area contributed by atoms with Crippen molar-refractivity contribution in [3.05, 3.63) is 380 Å². The lowest BCUT2D eigenvalue weighted by molar-refractivity contribution is 0.725. The van der Waals surface area contributed by atoms with Crippen molar-refractivity contribution in [2.45, 2.75) is 37.6 Å². The Balaban J connectivity index is 0.680. The first-order chi connectivity index (χ1) is 53.6. The van der Waals surface area contributed by atoms with E-state index in [9.17, 15) is 0 Å². The number of hydrogen-bond acceptors (Lipinski definition) is 1. The van der Waals surface area contributed by atoms with Gasteiger partial charge in [0.25, 0.3) is 0 Å². The summed E-state index contributed by atoms with van der Waals surface area (Å²) in [6.07, 6.45) is 20.5. The summed E-state index contributed by atoms with van der Waals surface area (Å²) >= 11 is 0. The zero-order valence-corrected chi connectivity index (χ0v) is 59.3. The molecule has 0 bridgehead atoms. The lowest BCUT2D eigenvalue weighted by atomic mass is 9.82. The van der Waals surface area contributed by atoms with Crippen molar-refractivity contribution in [2.24, 2.45) is 0 Å². The van der Waals surface area contributed by atoms with Crippen molar-refractivity contribution < 1.29 is 0 Å². The standard InChI is InChI=1S/C102H70N6/c1-4-32-73(33-5-1)103-89-48-18-12-42-81(89)99-93(103)52-54-95-101(99)83-44-14-20-50-91(83)106(95)76-38-24-30-69(59-76)65-26-22-28-67(56-65)71-58-72(62-78(61-71)108-92-51-21-15-45-84(92)102-96(108)55-53-94-100(102)82-43-13-19-49-90(82)104(94)74-34-6-2-7-35-74)68-29-23-27-66(57-68)70-31-25-39-77(60-70)107-88-47-17-11-41-80(88)86-63-85-79-40-10-16-46-87(79)105(97(85)64-98(86)107)75-36-8-3-9-37-75/h1-4,6-10,12-32,34-40,42-64,94,100H,5,11,33,41H2. The van der Waals surface area contributed by atoms with Gasteiger partial charge in [0.15, 0.2) is 0 Å². The summed E-state index contributed by atoms with van der Waals surface area (Å²) in [7, 11) is 0. The van der Waals surface area contributed by atoms with Crippen molar-refractivity contribution in [3.8, 4) is 67.3 Å². The molecule has 1 aliphatic heterocycles. The molecule has 6 heterocycles. The van der Waals surface area contributed by atoms with Gasteiger partial charge in [-0.25, -0.2) is 0 Å². The van der Waals surface area contributed by atoms with E-state index in [2.05, 4.69) is 392 Å². The fraction of sp³-hybridized carbons (Fsp3) is 0.0588. The van der Waals surface area contributed by atoms with Crippen LogP contribution in [0.3, 0.4) is 0 Å². The summed E-state index contributed by atoms with van der Waals surface area (Å²) in [5.74, 6) is 0.107. The van der Waals surface area contributed by atoms with Gasteiger partial charge < -0.3 is 27.7 Å². The van der Waals surface area contributed by atoms with Crippen LogP contribution < -0.4 is 4.90 Å². The number of aromatic nitrogens is 5. The Bertz CT molecular complexity index is 7130. The highest BCUT2D eigenvalue weighted by Crippen LogP contribution is 2.55.